The fourth-order valence-electron chi connectivity index (χ4n) is 2.47. The molecule has 1 amide bonds. The van der Waals surface area contributed by atoms with Gasteiger partial charge in [-0.1, -0.05) is 18.2 Å². The van der Waals surface area contributed by atoms with E-state index in [1.54, 1.807) is 12.1 Å². The highest BCUT2D eigenvalue weighted by molar-refractivity contribution is 5.95. The van der Waals surface area contributed by atoms with Gasteiger partial charge in [0.05, 0.1) is 5.56 Å². The number of amides is 1. The number of esters is 1. The third kappa shape index (κ3) is 3.22. The van der Waals surface area contributed by atoms with Crippen LogP contribution >= 0.6 is 0 Å². The molecular weight excluding hydrogens is 274 g/mol. The Labute approximate surface area is 122 Å². The lowest BCUT2D eigenvalue weighted by Gasteiger charge is -2.26. The van der Waals surface area contributed by atoms with Gasteiger partial charge in [0.25, 0.3) is 5.91 Å². The van der Waals surface area contributed by atoms with Crippen molar-refractivity contribution < 1.29 is 23.9 Å². The molecule has 2 heterocycles. The minimum Gasteiger partial charge on any atom is -0.448 e. The Bertz CT molecular complexity index is 539. The second-order valence-electron chi connectivity index (χ2n) is 5.14. The molecule has 2 aliphatic rings. The molecule has 1 N–H and O–H groups in total. The van der Waals surface area contributed by atoms with E-state index in [9.17, 15) is 9.59 Å². The Morgan fingerprint density at radius 2 is 2.14 bits per heavy atom. The minimum absolute atomic E-state index is 0.350. The molecule has 0 radical (unpaired) electrons. The van der Waals surface area contributed by atoms with Gasteiger partial charge in [-0.15, -0.1) is 0 Å². The number of benzene rings is 1. The molecule has 1 aromatic rings. The molecule has 0 spiro atoms. The van der Waals surface area contributed by atoms with Gasteiger partial charge in [-0.2, -0.15) is 0 Å². The minimum atomic E-state index is -0.865. The molecule has 0 saturated carbocycles. The highest BCUT2D eigenvalue weighted by Gasteiger charge is 2.31. The molecule has 112 valence electrons. The fraction of sp³-hybridized carbons (Fsp3) is 0.467. The van der Waals surface area contributed by atoms with E-state index in [2.05, 4.69) is 5.48 Å². The van der Waals surface area contributed by atoms with Gasteiger partial charge >= 0.3 is 5.97 Å². The van der Waals surface area contributed by atoms with E-state index in [0.29, 0.717) is 18.6 Å². The predicted octanol–water partition coefficient (Wildman–Crippen LogP) is 1.34. The number of hydrogen-bond acceptors (Lipinski definition) is 5. The first kappa shape index (κ1) is 14.0. The number of ether oxygens (including phenoxy) is 2. The smallest absolute Gasteiger partial charge is 0.339 e. The summed E-state index contributed by atoms with van der Waals surface area (Å²) in [6.45, 7) is 0.631. The summed E-state index contributed by atoms with van der Waals surface area (Å²) in [5.74, 6) is -0.946. The maximum Gasteiger partial charge on any atom is 0.339 e. The molecule has 6 heteroatoms. The molecule has 2 unspecified atom stereocenters. The summed E-state index contributed by atoms with van der Waals surface area (Å²) in [6, 6.07) is 7.11. The van der Waals surface area contributed by atoms with Crippen molar-refractivity contribution in [2.75, 3.05) is 6.61 Å². The average molecular weight is 291 g/mol. The van der Waals surface area contributed by atoms with Crippen molar-refractivity contribution in [3.05, 3.63) is 35.4 Å². The van der Waals surface area contributed by atoms with Crippen LogP contribution in [0.3, 0.4) is 0 Å². The lowest BCUT2D eigenvalue weighted by molar-refractivity contribution is -0.203. The number of cyclic esters (lactones) is 1. The Hall–Kier alpha value is -1.92. The van der Waals surface area contributed by atoms with Crippen molar-refractivity contribution in [3.63, 3.8) is 0 Å². The van der Waals surface area contributed by atoms with Gasteiger partial charge in [0, 0.05) is 19.4 Å². The fourth-order valence-corrected chi connectivity index (χ4v) is 2.47. The molecule has 2 aliphatic heterocycles. The maximum atomic E-state index is 12.0. The van der Waals surface area contributed by atoms with Crippen molar-refractivity contribution in [1.29, 1.82) is 0 Å². The van der Waals surface area contributed by atoms with Crippen LogP contribution in [0.2, 0.25) is 0 Å². The molecule has 1 saturated heterocycles. The zero-order chi connectivity index (χ0) is 14.7. The van der Waals surface area contributed by atoms with E-state index < -0.39 is 24.3 Å². The standard InChI is InChI=1S/C15H17NO5/c17-14(16-21-13-7-3-4-8-19-13)12-9-10-5-1-2-6-11(10)15(18)20-12/h1-2,5-6,12-13H,3-4,7-9H2,(H,16,17). The molecule has 0 aliphatic carbocycles. The number of hydrogen-bond donors (Lipinski definition) is 1. The third-order valence-electron chi connectivity index (χ3n) is 3.61. The first-order valence-corrected chi connectivity index (χ1v) is 7.10. The monoisotopic (exact) mass is 291 g/mol. The maximum absolute atomic E-state index is 12.0. The van der Waals surface area contributed by atoms with Crippen LogP contribution in [0.1, 0.15) is 35.2 Å². The zero-order valence-corrected chi connectivity index (χ0v) is 11.5. The second kappa shape index (κ2) is 6.24. The van der Waals surface area contributed by atoms with E-state index in [1.165, 1.54) is 0 Å². The van der Waals surface area contributed by atoms with Gasteiger partial charge in [0.1, 0.15) is 0 Å². The highest BCUT2D eigenvalue weighted by atomic mass is 16.8. The largest absolute Gasteiger partial charge is 0.448 e. The van der Waals surface area contributed by atoms with Crippen LogP contribution in [-0.2, 0) is 25.5 Å². The first-order chi connectivity index (χ1) is 10.2. The van der Waals surface area contributed by atoms with Gasteiger partial charge in [0.15, 0.2) is 12.4 Å². The van der Waals surface area contributed by atoms with Crippen molar-refractivity contribution in [1.82, 2.24) is 5.48 Å². The van der Waals surface area contributed by atoms with Gasteiger partial charge in [-0.05, 0) is 24.5 Å². The zero-order valence-electron chi connectivity index (χ0n) is 11.5. The summed E-state index contributed by atoms with van der Waals surface area (Å²) in [5, 5.41) is 0. The highest BCUT2D eigenvalue weighted by Crippen LogP contribution is 2.20. The lowest BCUT2D eigenvalue weighted by Crippen LogP contribution is -2.43. The topological polar surface area (TPSA) is 73.9 Å². The molecule has 3 rings (SSSR count). The van der Waals surface area contributed by atoms with Crippen molar-refractivity contribution >= 4 is 11.9 Å². The number of hydroxylamine groups is 1. The lowest BCUT2D eigenvalue weighted by atomic mass is 9.98. The number of nitrogens with one attached hydrogen (secondary N) is 1. The molecule has 1 fully saturated rings. The van der Waals surface area contributed by atoms with Crippen LogP contribution in [0.15, 0.2) is 24.3 Å². The van der Waals surface area contributed by atoms with E-state index in [1.807, 2.05) is 12.1 Å². The van der Waals surface area contributed by atoms with Gasteiger partial charge in [-0.25, -0.2) is 15.1 Å². The number of carbonyl (C=O) groups excluding carboxylic acids is 2. The van der Waals surface area contributed by atoms with Crippen molar-refractivity contribution in [2.45, 2.75) is 38.1 Å². The normalized spacial score (nSPS) is 24.9. The summed E-state index contributed by atoms with van der Waals surface area (Å²) >= 11 is 0. The van der Waals surface area contributed by atoms with E-state index in [0.717, 1.165) is 24.8 Å². The van der Waals surface area contributed by atoms with Gasteiger partial charge in [-0.3, -0.25) is 4.79 Å². The summed E-state index contributed by atoms with van der Waals surface area (Å²) in [4.78, 5) is 29.1. The number of fused-ring (bicyclic) bond motifs is 1. The Morgan fingerprint density at radius 3 is 2.95 bits per heavy atom. The summed E-state index contributed by atoms with van der Waals surface area (Å²) in [7, 11) is 0. The van der Waals surface area contributed by atoms with Crippen LogP contribution in [0.5, 0.6) is 0 Å². The van der Waals surface area contributed by atoms with Gasteiger partial charge < -0.3 is 9.47 Å². The predicted molar refractivity (Wildman–Crippen MR) is 72.2 cm³/mol. The van der Waals surface area contributed by atoms with E-state index >= 15 is 0 Å². The molecule has 0 aromatic heterocycles. The molecule has 1 aromatic carbocycles. The van der Waals surface area contributed by atoms with Crippen LogP contribution in [0, 0.1) is 0 Å². The second-order valence-corrected chi connectivity index (χ2v) is 5.14. The molecule has 0 bridgehead atoms. The third-order valence-corrected chi connectivity index (χ3v) is 3.61. The molecule has 21 heavy (non-hydrogen) atoms. The first-order valence-electron chi connectivity index (χ1n) is 7.10. The van der Waals surface area contributed by atoms with E-state index in [-0.39, 0.29) is 0 Å². The Balaban J connectivity index is 1.57. The van der Waals surface area contributed by atoms with Crippen LogP contribution < -0.4 is 5.48 Å². The molecule has 6 nitrogen and oxygen atoms in total. The van der Waals surface area contributed by atoms with Crippen LogP contribution in [0.4, 0.5) is 0 Å². The summed E-state index contributed by atoms with van der Waals surface area (Å²) in [5.41, 5.74) is 3.65. The SMILES string of the molecule is O=C1OC(C(=O)NOC2CCCCO2)Cc2ccccc21. The Morgan fingerprint density at radius 1 is 1.29 bits per heavy atom. The van der Waals surface area contributed by atoms with Gasteiger partial charge in [0.2, 0.25) is 0 Å². The number of carbonyl (C=O) groups is 2. The van der Waals surface area contributed by atoms with E-state index in [4.69, 9.17) is 14.3 Å². The quantitative estimate of drug-likeness (QED) is 0.672. The van der Waals surface area contributed by atoms with Crippen molar-refractivity contribution in [2.24, 2.45) is 0 Å². The Kier molecular flexibility index (Phi) is 4.17. The summed E-state index contributed by atoms with van der Waals surface area (Å²) < 4.78 is 10.5. The van der Waals surface area contributed by atoms with Crippen LogP contribution in [0.25, 0.3) is 0 Å². The van der Waals surface area contributed by atoms with Crippen molar-refractivity contribution in [3.8, 4) is 0 Å². The molecular formula is C15H17NO5. The average Bonchev–Trinajstić information content (AvgIpc) is 2.53. The molecule has 2 atom stereocenters. The van der Waals surface area contributed by atoms with Crippen LogP contribution in [-0.4, -0.2) is 30.9 Å². The number of rotatable bonds is 3. The summed E-state index contributed by atoms with van der Waals surface area (Å²) in [6.07, 6.45) is 1.82.